The number of amides is 1. The van der Waals surface area contributed by atoms with Crippen LogP contribution >= 0.6 is 11.3 Å². The van der Waals surface area contributed by atoms with Crippen molar-refractivity contribution in [2.45, 2.75) is 20.8 Å². The van der Waals surface area contributed by atoms with Crippen molar-refractivity contribution < 1.29 is 14.5 Å². The van der Waals surface area contributed by atoms with E-state index in [0.717, 1.165) is 16.8 Å². The summed E-state index contributed by atoms with van der Waals surface area (Å²) in [5.74, 6) is -0.957. The van der Waals surface area contributed by atoms with Crippen molar-refractivity contribution in [2.75, 3.05) is 11.9 Å². The van der Waals surface area contributed by atoms with Gasteiger partial charge in [-0.2, -0.15) is 0 Å². The number of aryl methyl sites for hydroxylation is 3. The van der Waals surface area contributed by atoms with E-state index >= 15 is 0 Å². The molecule has 2 aromatic heterocycles. The topological polar surface area (TPSA) is 107 Å². The van der Waals surface area contributed by atoms with Gasteiger partial charge >= 0.3 is 5.82 Å². The number of benzene rings is 1. The van der Waals surface area contributed by atoms with Crippen LogP contribution in [0.4, 0.5) is 10.9 Å². The van der Waals surface area contributed by atoms with Crippen molar-refractivity contribution in [3.63, 3.8) is 0 Å². The monoisotopic (exact) mass is 398 g/mol. The van der Waals surface area contributed by atoms with Gasteiger partial charge in [0.2, 0.25) is 5.75 Å². The van der Waals surface area contributed by atoms with Gasteiger partial charge in [0.15, 0.2) is 11.7 Å². The number of ether oxygens (including phenoxy) is 1. The third-order valence-corrected chi connectivity index (χ3v) is 4.91. The number of thiazole rings is 1. The first kappa shape index (κ1) is 19.4. The first-order chi connectivity index (χ1) is 13.3. The highest BCUT2D eigenvalue weighted by molar-refractivity contribution is 7.14. The zero-order chi connectivity index (χ0) is 20.3. The van der Waals surface area contributed by atoms with E-state index in [9.17, 15) is 14.9 Å². The molecule has 0 bridgehead atoms. The largest absolute Gasteiger partial charge is 0.476 e. The Kier molecular flexibility index (Phi) is 5.65. The summed E-state index contributed by atoms with van der Waals surface area (Å²) in [6.45, 7) is 5.74. The van der Waals surface area contributed by atoms with Crippen LogP contribution in [0.2, 0.25) is 0 Å². The van der Waals surface area contributed by atoms with Gasteiger partial charge in [-0.15, -0.1) is 11.3 Å². The van der Waals surface area contributed by atoms with Gasteiger partial charge in [0, 0.05) is 10.9 Å². The lowest BCUT2D eigenvalue weighted by molar-refractivity contribution is -0.390. The summed E-state index contributed by atoms with van der Waals surface area (Å²) in [4.78, 5) is 30.5. The maximum atomic E-state index is 12.1. The third kappa shape index (κ3) is 4.32. The molecule has 0 saturated carbocycles. The van der Waals surface area contributed by atoms with Gasteiger partial charge in [-0.25, -0.2) is 4.98 Å². The Balaban J connectivity index is 1.67. The normalized spacial score (nSPS) is 10.5. The van der Waals surface area contributed by atoms with Crippen LogP contribution in [0.15, 0.2) is 35.8 Å². The molecular weight excluding hydrogens is 380 g/mol. The summed E-state index contributed by atoms with van der Waals surface area (Å²) in [5, 5.41) is 15.9. The Labute approximate surface area is 165 Å². The Morgan fingerprint density at radius 3 is 2.75 bits per heavy atom. The third-order valence-electron chi connectivity index (χ3n) is 4.15. The smallest absolute Gasteiger partial charge is 0.406 e. The Morgan fingerprint density at radius 1 is 1.25 bits per heavy atom. The van der Waals surface area contributed by atoms with Crippen molar-refractivity contribution in [2.24, 2.45) is 0 Å². The summed E-state index contributed by atoms with van der Waals surface area (Å²) in [7, 11) is 0. The lowest BCUT2D eigenvalue weighted by Crippen LogP contribution is -2.20. The number of hydrogen-bond donors (Lipinski definition) is 1. The molecule has 9 heteroatoms. The number of pyridine rings is 1. The highest BCUT2D eigenvalue weighted by Crippen LogP contribution is 2.29. The van der Waals surface area contributed by atoms with Crippen LogP contribution in [0.3, 0.4) is 0 Å². The van der Waals surface area contributed by atoms with Gasteiger partial charge in [0.25, 0.3) is 5.91 Å². The lowest BCUT2D eigenvalue weighted by atomic mass is 9.99. The number of aromatic nitrogens is 2. The van der Waals surface area contributed by atoms with E-state index in [1.165, 1.54) is 40.8 Å². The molecule has 0 unspecified atom stereocenters. The molecule has 0 fully saturated rings. The number of carbonyl (C=O) groups excluding carboxylic acids is 1. The van der Waals surface area contributed by atoms with E-state index in [1.54, 1.807) is 0 Å². The van der Waals surface area contributed by atoms with Crippen LogP contribution < -0.4 is 10.1 Å². The Hall–Kier alpha value is -3.33. The number of rotatable bonds is 6. The van der Waals surface area contributed by atoms with Crippen molar-refractivity contribution in [3.05, 3.63) is 62.6 Å². The van der Waals surface area contributed by atoms with Gasteiger partial charge in [0.1, 0.15) is 6.20 Å². The van der Waals surface area contributed by atoms with Gasteiger partial charge in [-0.3, -0.25) is 10.1 Å². The molecule has 1 N–H and O–H groups in total. The maximum Gasteiger partial charge on any atom is 0.406 e. The average Bonchev–Trinajstić information content (AvgIpc) is 3.11. The predicted octanol–water partition coefficient (Wildman–Crippen LogP) is 4.06. The molecule has 3 aromatic rings. The number of nitrogens with one attached hydrogen (secondary N) is 1. The number of carbonyl (C=O) groups is 1. The summed E-state index contributed by atoms with van der Waals surface area (Å²) < 4.78 is 5.23. The number of hydrogen-bond acceptors (Lipinski definition) is 7. The van der Waals surface area contributed by atoms with Gasteiger partial charge in [0.05, 0.1) is 5.69 Å². The maximum absolute atomic E-state index is 12.1. The van der Waals surface area contributed by atoms with Crippen LogP contribution in [0.5, 0.6) is 5.75 Å². The number of anilines is 1. The first-order valence-electron chi connectivity index (χ1n) is 8.41. The molecule has 8 nitrogen and oxygen atoms in total. The van der Waals surface area contributed by atoms with Crippen molar-refractivity contribution >= 4 is 28.2 Å². The van der Waals surface area contributed by atoms with Gasteiger partial charge in [-0.05, 0) is 65.6 Å². The molecule has 28 heavy (non-hydrogen) atoms. The van der Waals surface area contributed by atoms with Crippen LogP contribution in [0.1, 0.15) is 16.7 Å². The summed E-state index contributed by atoms with van der Waals surface area (Å²) in [5.41, 5.74) is 5.29. The van der Waals surface area contributed by atoms with E-state index in [2.05, 4.69) is 34.3 Å². The minimum Gasteiger partial charge on any atom is -0.476 e. The molecule has 3 rings (SSSR count). The molecule has 1 amide bonds. The molecule has 0 atom stereocenters. The summed E-state index contributed by atoms with van der Waals surface area (Å²) >= 11 is 1.30. The molecule has 0 saturated heterocycles. The van der Waals surface area contributed by atoms with Crippen molar-refractivity contribution in [1.29, 1.82) is 0 Å². The molecule has 144 valence electrons. The second-order valence-electron chi connectivity index (χ2n) is 6.21. The molecule has 0 aliphatic rings. The van der Waals surface area contributed by atoms with Crippen molar-refractivity contribution in [1.82, 2.24) is 9.97 Å². The van der Waals surface area contributed by atoms with E-state index in [4.69, 9.17) is 4.74 Å². The van der Waals surface area contributed by atoms with Crippen molar-refractivity contribution in [3.8, 4) is 17.0 Å². The highest BCUT2D eigenvalue weighted by atomic mass is 32.1. The molecule has 0 spiro atoms. The molecular formula is C19H18N4O4S. The van der Waals surface area contributed by atoms with E-state index in [-0.39, 0.29) is 12.4 Å². The van der Waals surface area contributed by atoms with Crippen LogP contribution in [0.25, 0.3) is 11.3 Å². The first-order valence-corrected chi connectivity index (χ1v) is 9.29. The fourth-order valence-electron chi connectivity index (χ4n) is 2.62. The number of nitro groups is 1. The Morgan fingerprint density at radius 2 is 2.00 bits per heavy atom. The minimum absolute atomic E-state index is 0.0618. The molecule has 0 radical (unpaired) electrons. The average molecular weight is 398 g/mol. The second kappa shape index (κ2) is 8.13. The SMILES string of the molecule is Cc1cc(C)c(-c2csc(NC(=O)COc3cccnc3[N+](=O)[O-])n2)cc1C. The van der Waals surface area contributed by atoms with Crippen LogP contribution in [-0.2, 0) is 4.79 Å². The zero-order valence-electron chi connectivity index (χ0n) is 15.6. The van der Waals surface area contributed by atoms with Gasteiger partial charge < -0.3 is 14.9 Å². The molecule has 1 aromatic carbocycles. The standard InChI is InChI=1S/C19H18N4O4S/c1-11-7-13(3)14(8-12(11)2)15-10-28-19(21-15)22-17(24)9-27-16-5-4-6-20-18(16)23(25)26/h4-8,10H,9H2,1-3H3,(H,21,22,24). The van der Waals surface area contributed by atoms with Crippen LogP contribution in [-0.4, -0.2) is 27.4 Å². The van der Waals surface area contributed by atoms with E-state index in [0.29, 0.717) is 5.13 Å². The fraction of sp³-hybridized carbons (Fsp3) is 0.211. The molecule has 0 aliphatic heterocycles. The quantitative estimate of drug-likeness (QED) is 0.496. The minimum atomic E-state index is -0.660. The number of nitrogens with zero attached hydrogens (tertiary/aromatic N) is 3. The lowest BCUT2D eigenvalue weighted by Gasteiger charge is -2.07. The fourth-order valence-corrected chi connectivity index (χ4v) is 3.35. The van der Waals surface area contributed by atoms with Crippen LogP contribution in [0, 0.1) is 30.9 Å². The summed E-state index contributed by atoms with van der Waals surface area (Å²) in [6, 6.07) is 7.08. The predicted molar refractivity (Wildman–Crippen MR) is 107 cm³/mol. The van der Waals surface area contributed by atoms with E-state index in [1.807, 2.05) is 19.2 Å². The molecule has 2 heterocycles. The Bertz CT molecular complexity index is 1050. The highest BCUT2D eigenvalue weighted by Gasteiger charge is 2.17. The second-order valence-corrected chi connectivity index (χ2v) is 7.07. The molecule has 0 aliphatic carbocycles. The summed E-state index contributed by atoms with van der Waals surface area (Å²) in [6.07, 6.45) is 1.29. The van der Waals surface area contributed by atoms with E-state index < -0.39 is 16.6 Å². The van der Waals surface area contributed by atoms with Gasteiger partial charge in [-0.1, -0.05) is 6.07 Å². The zero-order valence-corrected chi connectivity index (χ0v) is 16.4.